The number of H-pyrrole nitrogens is 1. The zero-order chi connectivity index (χ0) is 21.1. The molecule has 0 saturated carbocycles. The molecule has 6 nitrogen and oxygen atoms in total. The number of nitrogens with zero attached hydrogens (tertiary/aromatic N) is 2. The lowest BCUT2D eigenvalue weighted by Crippen LogP contribution is -2.33. The summed E-state index contributed by atoms with van der Waals surface area (Å²) >= 11 is 0. The number of fused-ring (bicyclic) bond motifs is 2. The van der Waals surface area contributed by atoms with Crippen molar-refractivity contribution in [1.29, 1.82) is 0 Å². The van der Waals surface area contributed by atoms with Crippen molar-refractivity contribution >= 4 is 39.3 Å². The molecule has 0 spiro atoms. The smallest absolute Gasteiger partial charge is 0.242 e. The van der Waals surface area contributed by atoms with Gasteiger partial charge in [-0.15, -0.1) is 0 Å². The fourth-order valence-electron chi connectivity index (χ4n) is 3.89. The first-order valence-corrected chi connectivity index (χ1v) is 10.3. The largest absolute Gasteiger partial charge is 0.361 e. The van der Waals surface area contributed by atoms with Gasteiger partial charge in [-0.3, -0.25) is 9.59 Å². The van der Waals surface area contributed by atoms with E-state index < -0.39 is 0 Å². The molecule has 0 aliphatic heterocycles. The molecule has 30 heavy (non-hydrogen) atoms. The van der Waals surface area contributed by atoms with E-state index in [1.807, 2.05) is 84.2 Å². The molecular formula is C24H26N4O2. The maximum Gasteiger partial charge on any atom is 0.242 e. The number of amides is 2. The van der Waals surface area contributed by atoms with E-state index in [9.17, 15) is 9.59 Å². The fourth-order valence-corrected chi connectivity index (χ4v) is 3.89. The van der Waals surface area contributed by atoms with E-state index in [0.717, 1.165) is 33.1 Å². The van der Waals surface area contributed by atoms with Gasteiger partial charge in [0.2, 0.25) is 11.8 Å². The van der Waals surface area contributed by atoms with Crippen LogP contribution >= 0.6 is 0 Å². The minimum absolute atomic E-state index is 0.0600. The summed E-state index contributed by atoms with van der Waals surface area (Å²) in [5.74, 6) is 0.0452. The van der Waals surface area contributed by atoms with Crippen LogP contribution in [0.5, 0.6) is 0 Å². The van der Waals surface area contributed by atoms with Gasteiger partial charge >= 0.3 is 0 Å². The van der Waals surface area contributed by atoms with Crippen LogP contribution in [0, 0.1) is 0 Å². The monoisotopic (exact) mass is 402 g/mol. The predicted molar refractivity (Wildman–Crippen MR) is 120 cm³/mol. The molecule has 2 aromatic carbocycles. The SMILES string of the molecule is CCN(CC)C(=O)Cn1ccc2cc(NC(=O)Cc3c[nH]c4ccccc34)ccc21. The van der Waals surface area contributed by atoms with Crippen molar-refractivity contribution in [2.45, 2.75) is 26.8 Å². The van der Waals surface area contributed by atoms with Crippen molar-refractivity contribution < 1.29 is 9.59 Å². The first kappa shape index (κ1) is 19.8. The Morgan fingerprint density at radius 3 is 2.67 bits per heavy atom. The van der Waals surface area contributed by atoms with Gasteiger partial charge in [0.15, 0.2) is 0 Å². The lowest BCUT2D eigenvalue weighted by atomic mass is 10.1. The van der Waals surface area contributed by atoms with Gasteiger partial charge in [0.1, 0.15) is 6.54 Å². The Bertz CT molecular complexity index is 1200. The van der Waals surface area contributed by atoms with Gasteiger partial charge in [-0.1, -0.05) is 18.2 Å². The van der Waals surface area contributed by atoms with Gasteiger partial charge in [0, 0.05) is 53.0 Å². The highest BCUT2D eigenvalue weighted by Gasteiger charge is 2.13. The predicted octanol–water partition coefficient (Wildman–Crippen LogP) is 4.17. The van der Waals surface area contributed by atoms with E-state index in [0.29, 0.717) is 26.1 Å². The van der Waals surface area contributed by atoms with Crippen LogP contribution in [0.15, 0.2) is 60.9 Å². The molecule has 0 aliphatic carbocycles. The van der Waals surface area contributed by atoms with Crippen LogP contribution in [0.1, 0.15) is 19.4 Å². The topological polar surface area (TPSA) is 70.1 Å². The molecule has 154 valence electrons. The second kappa shape index (κ2) is 8.45. The number of carbonyl (C=O) groups excluding carboxylic acids is 2. The van der Waals surface area contributed by atoms with Gasteiger partial charge in [-0.25, -0.2) is 0 Å². The van der Waals surface area contributed by atoms with Crippen LogP contribution in [0.3, 0.4) is 0 Å². The number of likely N-dealkylation sites (N-methyl/N-ethyl adjacent to an activating group) is 1. The molecular weight excluding hydrogens is 376 g/mol. The third kappa shape index (κ3) is 3.94. The highest BCUT2D eigenvalue weighted by molar-refractivity contribution is 5.97. The maximum atomic E-state index is 12.6. The van der Waals surface area contributed by atoms with E-state index in [1.54, 1.807) is 0 Å². The lowest BCUT2D eigenvalue weighted by molar-refractivity contribution is -0.131. The highest BCUT2D eigenvalue weighted by Crippen LogP contribution is 2.22. The van der Waals surface area contributed by atoms with Crippen molar-refractivity contribution in [3.05, 3.63) is 66.5 Å². The molecule has 0 unspecified atom stereocenters. The number of aromatic nitrogens is 2. The number of hydrogen-bond acceptors (Lipinski definition) is 2. The van der Waals surface area contributed by atoms with Crippen LogP contribution in [-0.4, -0.2) is 39.4 Å². The summed E-state index contributed by atoms with van der Waals surface area (Å²) in [5.41, 5.74) is 3.73. The van der Waals surface area contributed by atoms with Crippen LogP contribution in [0.4, 0.5) is 5.69 Å². The number of anilines is 1. The van der Waals surface area contributed by atoms with Gasteiger partial charge < -0.3 is 19.8 Å². The molecule has 0 saturated heterocycles. The molecule has 0 bridgehead atoms. The number of hydrogen-bond donors (Lipinski definition) is 2. The number of para-hydroxylation sites is 1. The van der Waals surface area contributed by atoms with Crippen molar-refractivity contribution in [1.82, 2.24) is 14.5 Å². The first-order chi connectivity index (χ1) is 14.6. The Morgan fingerprint density at radius 1 is 1.07 bits per heavy atom. The molecule has 4 rings (SSSR count). The van der Waals surface area contributed by atoms with Gasteiger partial charge in [-0.05, 0) is 49.7 Å². The average Bonchev–Trinajstić information content (AvgIpc) is 3.33. The summed E-state index contributed by atoms with van der Waals surface area (Å²) in [6, 6.07) is 15.7. The molecule has 0 radical (unpaired) electrons. The first-order valence-electron chi connectivity index (χ1n) is 10.3. The van der Waals surface area contributed by atoms with Crippen molar-refractivity contribution in [2.75, 3.05) is 18.4 Å². The minimum Gasteiger partial charge on any atom is -0.361 e. The van der Waals surface area contributed by atoms with E-state index in [1.165, 1.54) is 0 Å². The van der Waals surface area contributed by atoms with E-state index >= 15 is 0 Å². The van der Waals surface area contributed by atoms with Gasteiger partial charge in [0.05, 0.1) is 6.42 Å². The summed E-state index contributed by atoms with van der Waals surface area (Å²) in [6.07, 6.45) is 4.12. The third-order valence-electron chi connectivity index (χ3n) is 5.50. The number of aromatic amines is 1. The number of benzene rings is 2. The number of nitrogens with one attached hydrogen (secondary N) is 2. The van der Waals surface area contributed by atoms with Crippen LogP contribution < -0.4 is 5.32 Å². The third-order valence-corrected chi connectivity index (χ3v) is 5.50. The molecule has 2 N–H and O–H groups in total. The fraction of sp³-hybridized carbons (Fsp3) is 0.250. The van der Waals surface area contributed by atoms with Crippen molar-refractivity contribution in [3.63, 3.8) is 0 Å². The van der Waals surface area contributed by atoms with Crippen molar-refractivity contribution in [2.24, 2.45) is 0 Å². The van der Waals surface area contributed by atoms with Gasteiger partial charge in [0.25, 0.3) is 0 Å². The molecule has 6 heteroatoms. The number of carbonyl (C=O) groups is 2. The summed E-state index contributed by atoms with van der Waals surface area (Å²) in [7, 11) is 0. The Kier molecular flexibility index (Phi) is 5.57. The highest BCUT2D eigenvalue weighted by atomic mass is 16.2. The summed E-state index contributed by atoms with van der Waals surface area (Å²) in [5, 5.41) is 5.05. The zero-order valence-corrected chi connectivity index (χ0v) is 17.3. The number of rotatable bonds is 7. The average molecular weight is 402 g/mol. The Labute approximate surface area is 175 Å². The molecule has 2 heterocycles. The molecule has 2 amide bonds. The Hall–Kier alpha value is -3.54. The zero-order valence-electron chi connectivity index (χ0n) is 17.3. The molecule has 4 aromatic rings. The molecule has 0 fully saturated rings. The Morgan fingerprint density at radius 2 is 1.87 bits per heavy atom. The van der Waals surface area contributed by atoms with E-state index in [2.05, 4.69) is 10.3 Å². The normalized spacial score (nSPS) is 11.1. The van der Waals surface area contributed by atoms with Crippen LogP contribution in [-0.2, 0) is 22.6 Å². The summed E-state index contributed by atoms with van der Waals surface area (Å²) in [4.78, 5) is 30.0. The Balaban J connectivity index is 1.46. The second-order valence-corrected chi connectivity index (χ2v) is 7.37. The quantitative estimate of drug-likeness (QED) is 0.487. The summed E-state index contributed by atoms with van der Waals surface area (Å²) in [6.45, 7) is 5.71. The maximum absolute atomic E-state index is 12.6. The van der Waals surface area contributed by atoms with Crippen LogP contribution in [0.2, 0.25) is 0 Å². The van der Waals surface area contributed by atoms with Crippen molar-refractivity contribution in [3.8, 4) is 0 Å². The van der Waals surface area contributed by atoms with Gasteiger partial charge in [-0.2, -0.15) is 0 Å². The molecule has 0 atom stereocenters. The van der Waals surface area contributed by atoms with E-state index in [4.69, 9.17) is 0 Å². The minimum atomic E-state index is -0.0600. The molecule has 0 aliphatic rings. The standard InChI is InChI=1S/C24H26N4O2/c1-3-27(4-2)24(30)16-28-12-11-17-13-19(9-10-22(17)28)26-23(29)14-18-15-25-21-8-6-5-7-20(18)21/h5-13,15,25H,3-4,14,16H2,1-2H3,(H,26,29). The second-order valence-electron chi connectivity index (χ2n) is 7.37. The van der Waals surface area contributed by atoms with E-state index in [-0.39, 0.29) is 11.8 Å². The van der Waals surface area contributed by atoms with Crippen LogP contribution in [0.25, 0.3) is 21.8 Å². The lowest BCUT2D eigenvalue weighted by Gasteiger charge is -2.19. The molecule has 2 aromatic heterocycles. The summed E-state index contributed by atoms with van der Waals surface area (Å²) < 4.78 is 1.95.